The highest BCUT2D eigenvalue weighted by atomic mass is 16.3. The van der Waals surface area contributed by atoms with Crippen LogP contribution >= 0.6 is 0 Å². The van der Waals surface area contributed by atoms with Gasteiger partial charge in [-0.25, -0.2) is 0 Å². The third-order valence-electron chi connectivity index (χ3n) is 4.82. The second-order valence-electron chi connectivity index (χ2n) is 6.29. The number of nitrogens with one attached hydrogen (secondary N) is 1. The van der Waals surface area contributed by atoms with Crippen LogP contribution in [0.2, 0.25) is 0 Å². The first-order valence-electron chi connectivity index (χ1n) is 8.02. The standard InChI is InChI=1S/C17H26N2O/c20-17-13-19(15-9-5-2-6-10-15)12-16(17)18-11-14-7-3-1-4-8-14/h1,3-4,7-8,15-18,20H,2,5-6,9-13H2/t16-,17+/m1/s1. The summed E-state index contributed by atoms with van der Waals surface area (Å²) in [6.45, 7) is 2.69. The summed E-state index contributed by atoms with van der Waals surface area (Å²) in [6.07, 6.45) is 6.53. The monoisotopic (exact) mass is 274 g/mol. The lowest BCUT2D eigenvalue weighted by Gasteiger charge is -2.30. The third kappa shape index (κ3) is 3.40. The quantitative estimate of drug-likeness (QED) is 0.883. The number of hydrogen-bond donors (Lipinski definition) is 2. The molecule has 0 unspecified atom stereocenters. The van der Waals surface area contributed by atoms with Crippen LogP contribution in [0.25, 0.3) is 0 Å². The first-order valence-corrected chi connectivity index (χ1v) is 8.02. The normalized spacial score (nSPS) is 28.9. The number of nitrogens with zero attached hydrogens (tertiary/aromatic N) is 1. The second-order valence-corrected chi connectivity index (χ2v) is 6.29. The molecule has 110 valence electrons. The Labute approximate surface area is 122 Å². The first-order chi connectivity index (χ1) is 9.83. The van der Waals surface area contributed by atoms with Crippen LogP contribution in [0.5, 0.6) is 0 Å². The lowest BCUT2D eigenvalue weighted by molar-refractivity contribution is 0.135. The van der Waals surface area contributed by atoms with Crippen molar-refractivity contribution in [2.45, 2.75) is 56.8 Å². The first kappa shape index (κ1) is 14.1. The fourth-order valence-electron chi connectivity index (χ4n) is 3.61. The van der Waals surface area contributed by atoms with Gasteiger partial charge < -0.3 is 10.4 Å². The van der Waals surface area contributed by atoms with Gasteiger partial charge in [0.1, 0.15) is 0 Å². The summed E-state index contributed by atoms with van der Waals surface area (Å²) >= 11 is 0. The van der Waals surface area contributed by atoms with Crippen molar-refractivity contribution in [2.24, 2.45) is 0 Å². The summed E-state index contributed by atoms with van der Waals surface area (Å²) < 4.78 is 0. The van der Waals surface area contributed by atoms with E-state index < -0.39 is 0 Å². The molecule has 0 aromatic heterocycles. The van der Waals surface area contributed by atoms with Gasteiger partial charge in [0.2, 0.25) is 0 Å². The molecule has 1 aromatic carbocycles. The van der Waals surface area contributed by atoms with Crippen molar-refractivity contribution in [1.29, 1.82) is 0 Å². The van der Waals surface area contributed by atoms with Gasteiger partial charge in [0.15, 0.2) is 0 Å². The van der Waals surface area contributed by atoms with E-state index in [1.54, 1.807) is 0 Å². The molecule has 3 nitrogen and oxygen atoms in total. The van der Waals surface area contributed by atoms with Gasteiger partial charge in [-0.1, -0.05) is 49.6 Å². The van der Waals surface area contributed by atoms with Crippen LogP contribution in [-0.2, 0) is 6.54 Å². The Kier molecular flexibility index (Phi) is 4.71. The SMILES string of the molecule is O[C@H]1CN(C2CCCCC2)C[C@H]1NCc1ccccc1. The van der Waals surface area contributed by atoms with Gasteiger partial charge in [0.05, 0.1) is 6.10 Å². The van der Waals surface area contributed by atoms with E-state index in [4.69, 9.17) is 0 Å². The van der Waals surface area contributed by atoms with Crippen LogP contribution in [0.4, 0.5) is 0 Å². The molecule has 2 N–H and O–H groups in total. The fourth-order valence-corrected chi connectivity index (χ4v) is 3.61. The maximum Gasteiger partial charge on any atom is 0.0832 e. The summed E-state index contributed by atoms with van der Waals surface area (Å²) in [6, 6.07) is 11.4. The molecule has 3 rings (SSSR count). The van der Waals surface area contributed by atoms with E-state index in [1.807, 2.05) is 6.07 Å². The number of rotatable bonds is 4. The van der Waals surface area contributed by atoms with Crippen molar-refractivity contribution in [3.8, 4) is 0 Å². The Morgan fingerprint density at radius 2 is 1.80 bits per heavy atom. The van der Waals surface area contributed by atoms with Crippen molar-refractivity contribution in [1.82, 2.24) is 10.2 Å². The molecule has 1 saturated carbocycles. The molecule has 20 heavy (non-hydrogen) atoms. The zero-order valence-electron chi connectivity index (χ0n) is 12.2. The van der Waals surface area contributed by atoms with Crippen LogP contribution in [-0.4, -0.2) is 41.3 Å². The van der Waals surface area contributed by atoms with Gasteiger partial charge in [0, 0.05) is 31.7 Å². The maximum atomic E-state index is 10.3. The van der Waals surface area contributed by atoms with E-state index in [1.165, 1.54) is 37.7 Å². The van der Waals surface area contributed by atoms with E-state index in [-0.39, 0.29) is 12.1 Å². The predicted octanol–water partition coefficient (Wildman–Crippen LogP) is 2.15. The highest BCUT2D eigenvalue weighted by molar-refractivity contribution is 5.14. The van der Waals surface area contributed by atoms with Crippen LogP contribution < -0.4 is 5.32 Å². The van der Waals surface area contributed by atoms with Gasteiger partial charge >= 0.3 is 0 Å². The molecule has 0 spiro atoms. The molecule has 1 aliphatic heterocycles. The molecule has 0 amide bonds. The van der Waals surface area contributed by atoms with Crippen LogP contribution in [0.1, 0.15) is 37.7 Å². The Bertz CT molecular complexity index is 403. The Morgan fingerprint density at radius 3 is 2.55 bits per heavy atom. The summed E-state index contributed by atoms with van der Waals surface area (Å²) in [5.41, 5.74) is 1.29. The molecular formula is C17H26N2O. The third-order valence-corrected chi connectivity index (χ3v) is 4.82. The highest BCUT2D eigenvalue weighted by Crippen LogP contribution is 2.25. The van der Waals surface area contributed by atoms with Crippen molar-refractivity contribution in [3.05, 3.63) is 35.9 Å². The number of hydrogen-bond acceptors (Lipinski definition) is 3. The summed E-state index contributed by atoms with van der Waals surface area (Å²) in [5, 5.41) is 13.8. The molecular weight excluding hydrogens is 248 g/mol. The largest absolute Gasteiger partial charge is 0.390 e. The molecule has 1 aliphatic carbocycles. The van der Waals surface area contributed by atoms with Crippen molar-refractivity contribution in [3.63, 3.8) is 0 Å². The van der Waals surface area contributed by atoms with Crippen LogP contribution in [0, 0.1) is 0 Å². The van der Waals surface area contributed by atoms with Gasteiger partial charge in [-0.05, 0) is 18.4 Å². The molecule has 0 bridgehead atoms. The van der Waals surface area contributed by atoms with Gasteiger partial charge in [-0.2, -0.15) is 0 Å². The molecule has 1 saturated heterocycles. The van der Waals surface area contributed by atoms with Crippen molar-refractivity contribution < 1.29 is 5.11 Å². The molecule has 1 heterocycles. The number of aliphatic hydroxyl groups is 1. The smallest absolute Gasteiger partial charge is 0.0832 e. The number of likely N-dealkylation sites (tertiary alicyclic amines) is 1. The van der Waals surface area contributed by atoms with Crippen molar-refractivity contribution in [2.75, 3.05) is 13.1 Å². The summed E-state index contributed by atoms with van der Waals surface area (Å²) in [5.74, 6) is 0. The summed E-state index contributed by atoms with van der Waals surface area (Å²) in [7, 11) is 0. The van der Waals surface area contributed by atoms with Crippen molar-refractivity contribution >= 4 is 0 Å². The lowest BCUT2D eigenvalue weighted by atomic mass is 9.94. The lowest BCUT2D eigenvalue weighted by Crippen LogP contribution is -2.39. The zero-order chi connectivity index (χ0) is 13.8. The van der Waals surface area contributed by atoms with Gasteiger partial charge in [0.25, 0.3) is 0 Å². The van der Waals surface area contributed by atoms with Crippen LogP contribution in [0.3, 0.4) is 0 Å². The van der Waals surface area contributed by atoms with Gasteiger partial charge in [-0.15, -0.1) is 0 Å². The molecule has 0 radical (unpaired) electrons. The van der Waals surface area contributed by atoms with Crippen LogP contribution in [0.15, 0.2) is 30.3 Å². The fraction of sp³-hybridized carbons (Fsp3) is 0.647. The van der Waals surface area contributed by atoms with E-state index >= 15 is 0 Å². The highest BCUT2D eigenvalue weighted by Gasteiger charge is 2.34. The molecule has 2 atom stereocenters. The van der Waals surface area contributed by atoms with E-state index in [0.29, 0.717) is 6.04 Å². The maximum absolute atomic E-state index is 10.3. The van der Waals surface area contributed by atoms with E-state index in [9.17, 15) is 5.11 Å². The van der Waals surface area contributed by atoms with Gasteiger partial charge in [-0.3, -0.25) is 4.90 Å². The minimum absolute atomic E-state index is 0.220. The average Bonchev–Trinajstić information content (AvgIpc) is 2.88. The summed E-state index contributed by atoms with van der Waals surface area (Å²) in [4.78, 5) is 2.51. The van der Waals surface area contributed by atoms with E-state index in [2.05, 4.69) is 34.5 Å². The molecule has 2 fully saturated rings. The minimum atomic E-state index is -0.222. The Morgan fingerprint density at radius 1 is 1.05 bits per heavy atom. The zero-order valence-corrected chi connectivity index (χ0v) is 12.2. The number of aliphatic hydroxyl groups excluding tert-OH is 1. The number of benzene rings is 1. The Balaban J connectivity index is 1.50. The molecule has 3 heteroatoms. The topological polar surface area (TPSA) is 35.5 Å². The average molecular weight is 274 g/mol. The molecule has 2 aliphatic rings. The van der Waals surface area contributed by atoms with E-state index in [0.717, 1.165) is 19.6 Å². The number of β-amino-alcohol motifs (C(OH)–C–C–N with tert-alkyl or cyclic N) is 1. The molecule has 1 aromatic rings. The Hall–Kier alpha value is -0.900. The minimum Gasteiger partial charge on any atom is -0.390 e. The second kappa shape index (κ2) is 6.70. The predicted molar refractivity (Wildman–Crippen MR) is 81.5 cm³/mol.